The van der Waals surface area contributed by atoms with Crippen molar-refractivity contribution in [2.45, 2.75) is 0 Å². The van der Waals surface area contributed by atoms with Crippen LogP contribution in [0.4, 0.5) is 0 Å². The molecule has 0 saturated carbocycles. The van der Waals surface area contributed by atoms with Crippen molar-refractivity contribution in [3.63, 3.8) is 0 Å². The Morgan fingerprint density at radius 3 is 1.11 bits per heavy atom. The zero-order chi connectivity index (χ0) is 12.1. The first-order valence-electron chi connectivity index (χ1n) is 5.28. The van der Waals surface area contributed by atoms with Gasteiger partial charge in [-0.25, -0.2) is 0 Å². The van der Waals surface area contributed by atoms with E-state index in [1.54, 1.807) is 14.2 Å². The zero-order valence-corrected chi connectivity index (χ0v) is 11.2. The number of hydrogen-bond acceptors (Lipinski definition) is 3. The minimum Gasteiger partial charge on any atom is -0.497 e. The highest BCUT2D eigenvalue weighted by Gasteiger charge is 1.98. The van der Waals surface area contributed by atoms with Gasteiger partial charge in [-0.2, -0.15) is 0 Å². The molecule has 4 heteroatoms. The van der Waals surface area contributed by atoms with Crippen LogP contribution in [0.2, 0.25) is 0 Å². The lowest BCUT2D eigenvalue weighted by Crippen LogP contribution is -1.86. The van der Waals surface area contributed by atoms with Crippen molar-refractivity contribution >= 4 is 9.90 Å². The lowest BCUT2D eigenvalue weighted by Gasteiger charge is -2.07. The molecule has 2 aromatic carbocycles. The lowest BCUT2D eigenvalue weighted by atomic mass is 10.3. The first kappa shape index (κ1) is 14.3. The first-order valence-corrected chi connectivity index (χ1v) is 5.28. The third kappa shape index (κ3) is 3.64. The van der Waals surface area contributed by atoms with Gasteiger partial charge in [-0.15, -0.1) is 0 Å². The molecule has 2 aromatic rings. The van der Waals surface area contributed by atoms with E-state index in [1.807, 2.05) is 48.5 Å². The minimum absolute atomic E-state index is 0. The van der Waals surface area contributed by atoms with Crippen LogP contribution in [0.1, 0.15) is 0 Å². The van der Waals surface area contributed by atoms with Crippen LogP contribution in [0.15, 0.2) is 48.5 Å². The Morgan fingerprint density at radius 1 is 0.556 bits per heavy atom. The van der Waals surface area contributed by atoms with Crippen molar-refractivity contribution in [1.82, 2.24) is 0 Å². The Kier molecular flexibility index (Phi) is 5.47. The second kappa shape index (κ2) is 6.87. The largest absolute Gasteiger partial charge is 0.497 e. The van der Waals surface area contributed by atoms with Crippen LogP contribution in [0.25, 0.3) is 0 Å². The summed E-state index contributed by atoms with van der Waals surface area (Å²) in [5.41, 5.74) is 0. The third-order valence-corrected chi connectivity index (χ3v) is 2.35. The van der Waals surface area contributed by atoms with Crippen LogP contribution in [0.3, 0.4) is 0 Å². The molecule has 2 rings (SSSR count). The smallest absolute Gasteiger partial charge is 0.127 e. The van der Waals surface area contributed by atoms with Gasteiger partial charge in [0.25, 0.3) is 0 Å². The molecule has 0 heterocycles. The number of methoxy groups -OCH3 is 2. The predicted octanol–water partition coefficient (Wildman–Crippen LogP) is 4.36. The topological polar surface area (TPSA) is 27.7 Å². The fourth-order valence-electron chi connectivity index (χ4n) is 1.42. The SMILES string of the molecule is COc1ccc(Oc2ccc(OC)cc2)cc1.[P]. The van der Waals surface area contributed by atoms with Gasteiger partial charge >= 0.3 is 0 Å². The van der Waals surface area contributed by atoms with Gasteiger partial charge in [0.2, 0.25) is 0 Å². The summed E-state index contributed by atoms with van der Waals surface area (Å²) in [5.74, 6) is 3.17. The Bertz CT molecular complexity index is 420. The second-order valence-corrected chi connectivity index (χ2v) is 3.45. The van der Waals surface area contributed by atoms with E-state index in [-0.39, 0.29) is 9.90 Å². The predicted molar refractivity (Wildman–Crippen MR) is 73.0 cm³/mol. The molecule has 0 aromatic heterocycles. The van der Waals surface area contributed by atoms with Crippen LogP contribution in [0.5, 0.6) is 23.0 Å². The molecule has 0 aliphatic rings. The van der Waals surface area contributed by atoms with E-state index in [0.717, 1.165) is 23.0 Å². The molecule has 0 atom stereocenters. The van der Waals surface area contributed by atoms with Gasteiger partial charge in [0.15, 0.2) is 0 Å². The highest BCUT2D eigenvalue weighted by molar-refractivity contribution is 6.92. The summed E-state index contributed by atoms with van der Waals surface area (Å²) in [7, 11) is 3.28. The molecule has 93 valence electrons. The van der Waals surface area contributed by atoms with Crippen LogP contribution in [-0.4, -0.2) is 14.2 Å². The van der Waals surface area contributed by atoms with Crippen molar-refractivity contribution in [2.24, 2.45) is 0 Å². The molecule has 0 N–H and O–H groups in total. The standard InChI is InChI=1S/C14H14O3.P/c1-15-11-3-7-13(8-4-11)17-14-9-5-12(16-2)6-10-14;/h3-10H,1-2H3;. The van der Waals surface area contributed by atoms with E-state index < -0.39 is 0 Å². The minimum atomic E-state index is 0. The summed E-state index contributed by atoms with van der Waals surface area (Å²) in [4.78, 5) is 0. The molecule has 0 saturated heterocycles. The Hall–Kier alpha value is -1.73. The summed E-state index contributed by atoms with van der Waals surface area (Å²) in [6.07, 6.45) is 0. The van der Waals surface area contributed by atoms with Gasteiger partial charge in [-0.05, 0) is 48.5 Å². The summed E-state index contributed by atoms with van der Waals surface area (Å²) < 4.78 is 15.8. The molecular weight excluding hydrogens is 247 g/mol. The molecule has 0 unspecified atom stereocenters. The van der Waals surface area contributed by atoms with E-state index in [9.17, 15) is 0 Å². The van der Waals surface area contributed by atoms with Crippen molar-refractivity contribution in [3.05, 3.63) is 48.5 Å². The van der Waals surface area contributed by atoms with Crippen molar-refractivity contribution in [3.8, 4) is 23.0 Å². The summed E-state index contributed by atoms with van der Waals surface area (Å²) in [6.45, 7) is 0. The average Bonchev–Trinajstić information content (AvgIpc) is 2.40. The van der Waals surface area contributed by atoms with Crippen molar-refractivity contribution in [1.29, 1.82) is 0 Å². The van der Waals surface area contributed by atoms with Gasteiger partial charge in [0.05, 0.1) is 14.2 Å². The molecule has 0 aliphatic carbocycles. The molecule has 18 heavy (non-hydrogen) atoms. The molecule has 0 fully saturated rings. The first-order chi connectivity index (χ1) is 8.31. The fourth-order valence-corrected chi connectivity index (χ4v) is 1.42. The maximum absolute atomic E-state index is 5.67. The maximum atomic E-state index is 5.67. The van der Waals surface area contributed by atoms with Gasteiger partial charge in [0.1, 0.15) is 23.0 Å². The summed E-state index contributed by atoms with van der Waals surface area (Å²) >= 11 is 0. The van der Waals surface area contributed by atoms with E-state index in [2.05, 4.69) is 0 Å². The van der Waals surface area contributed by atoms with E-state index in [1.165, 1.54) is 0 Å². The van der Waals surface area contributed by atoms with E-state index in [4.69, 9.17) is 14.2 Å². The third-order valence-electron chi connectivity index (χ3n) is 2.35. The quantitative estimate of drug-likeness (QED) is 0.765. The second-order valence-electron chi connectivity index (χ2n) is 3.45. The molecular formula is C14H14O3P. The van der Waals surface area contributed by atoms with Crippen LogP contribution in [-0.2, 0) is 0 Å². The van der Waals surface area contributed by atoms with Gasteiger partial charge in [-0.1, -0.05) is 0 Å². The number of ether oxygens (including phenoxy) is 3. The number of hydrogen-bond donors (Lipinski definition) is 0. The fraction of sp³-hybridized carbons (Fsp3) is 0.143. The Morgan fingerprint density at radius 2 is 0.833 bits per heavy atom. The summed E-state index contributed by atoms with van der Waals surface area (Å²) in [5, 5.41) is 0. The normalized spacial score (nSPS) is 9.22. The molecule has 3 radical (unpaired) electrons. The van der Waals surface area contributed by atoms with Crippen LogP contribution < -0.4 is 14.2 Å². The lowest BCUT2D eigenvalue weighted by molar-refractivity contribution is 0.411. The average molecular weight is 261 g/mol. The Labute approximate surface area is 110 Å². The van der Waals surface area contributed by atoms with Crippen molar-refractivity contribution < 1.29 is 14.2 Å². The van der Waals surface area contributed by atoms with Crippen molar-refractivity contribution in [2.75, 3.05) is 14.2 Å². The number of rotatable bonds is 4. The van der Waals surface area contributed by atoms with Crippen LogP contribution in [0, 0.1) is 0 Å². The monoisotopic (exact) mass is 261 g/mol. The van der Waals surface area contributed by atoms with E-state index in [0.29, 0.717) is 0 Å². The zero-order valence-electron chi connectivity index (χ0n) is 10.3. The van der Waals surface area contributed by atoms with Gasteiger partial charge in [-0.3, -0.25) is 0 Å². The number of benzene rings is 2. The van der Waals surface area contributed by atoms with E-state index >= 15 is 0 Å². The van der Waals surface area contributed by atoms with Gasteiger partial charge in [0, 0.05) is 9.90 Å². The molecule has 0 spiro atoms. The summed E-state index contributed by atoms with van der Waals surface area (Å²) in [6, 6.07) is 14.9. The Balaban J connectivity index is 0.00000162. The molecule has 3 nitrogen and oxygen atoms in total. The van der Waals surface area contributed by atoms with Crippen LogP contribution >= 0.6 is 9.90 Å². The highest BCUT2D eigenvalue weighted by Crippen LogP contribution is 2.25. The molecule has 0 amide bonds. The molecule has 0 aliphatic heterocycles. The van der Waals surface area contributed by atoms with Gasteiger partial charge < -0.3 is 14.2 Å². The molecule has 0 bridgehead atoms. The highest BCUT2D eigenvalue weighted by atomic mass is 31.0. The maximum Gasteiger partial charge on any atom is 0.127 e.